The monoisotopic (exact) mass is 321 g/mol. The third kappa shape index (κ3) is 10.4. The van der Waals surface area contributed by atoms with Gasteiger partial charge in [-0.3, -0.25) is 4.79 Å². The van der Waals surface area contributed by atoms with Crippen molar-refractivity contribution in [2.75, 3.05) is 32.4 Å². The first-order valence-electron chi connectivity index (χ1n) is 5.16. The van der Waals surface area contributed by atoms with Crippen LogP contribution in [-0.4, -0.2) is 69.0 Å². The van der Waals surface area contributed by atoms with Gasteiger partial charge in [0.1, 0.15) is 13.1 Å². The number of rotatable bonds is 7. The highest BCUT2D eigenvalue weighted by atomic mass is 32.2. The average Bonchev–Trinajstić information content (AvgIpc) is 2.19. The molecule has 12 heteroatoms. The van der Waals surface area contributed by atoms with Crippen LogP contribution in [0.15, 0.2) is 0 Å². The summed E-state index contributed by atoms with van der Waals surface area (Å²) in [6, 6.07) is -1.25. The molecule has 0 aliphatic carbocycles. The van der Waals surface area contributed by atoms with E-state index in [0.29, 0.717) is 0 Å². The molecule has 0 atom stereocenters. The van der Waals surface area contributed by atoms with Gasteiger partial charge in [0.15, 0.2) is 0 Å². The van der Waals surface area contributed by atoms with Crippen molar-refractivity contribution in [3.63, 3.8) is 0 Å². The number of hydrogen-bond donors (Lipinski definition) is 3. The Morgan fingerprint density at radius 2 is 1.80 bits per heavy atom. The molecule has 0 fully saturated rings. The molecular weight excluding hydrogens is 307 g/mol. The van der Waals surface area contributed by atoms with E-state index in [1.54, 1.807) is 0 Å². The minimum Gasteiger partial charge on any atom is -0.480 e. The predicted octanol–water partition coefficient (Wildman–Crippen LogP) is -0.806. The van der Waals surface area contributed by atoms with Crippen molar-refractivity contribution < 1.29 is 36.3 Å². The fourth-order valence-electron chi connectivity index (χ4n) is 1.10. The molecule has 0 unspecified atom stereocenters. The maximum absolute atomic E-state index is 12.2. The lowest BCUT2D eigenvalue weighted by Crippen LogP contribution is -2.48. The number of nitrogens with one attached hydrogen (secondary N) is 2. The molecule has 8 nitrogen and oxygen atoms in total. The van der Waals surface area contributed by atoms with Gasteiger partial charge in [0.2, 0.25) is 10.0 Å². The second-order valence-corrected chi connectivity index (χ2v) is 5.60. The standard InChI is InChI=1S/C8H14F3N3O5S/c1-20(18,19)13-3-2-12-7(17)14(4-6(15)16)5-8(9,10)11/h13H,2-5H2,1H3,(H,12,17)(H,15,16). The lowest BCUT2D eigenvalue weighted by atomic mass is 10.4. The lowest BCUT2D eigenvalue weighted by Gasteiger charge is -2.22. The molecule has 118 valence electrons. The Kier molecular flexibility index (Phi) is 6.72. The number of sulfonamides is 1. The molecule has 0 aliphatic heterocycles. The molecule has 0 radical (unpaired) electrons. The third-order valence-corrected chi connectivity index (χ3v) is 2.48. The number of aliphatic carboxylic acids is 1. The number of carboxylic acids is 1. The third-order valence-electron chi connectivity index (χ3n) is 1.75. The Balaban J connectivity index is 4.37. The quantitative estimate of drug-likeness (QED) is 0.531. The van der Waals surface area contributed by atoms with E-state index in [4.69, 9.17) is 5.11 Å². The Hall–Kier alpha value is -1.56. The van der Waals surface area contributed by atoms with Crippen molar-refractivity contribution >= 4 is 22.0 Å². The van der Waals surface area contributed by atoms with Gasteiger partial charge < -0.3 is 15.3 Å². The van der Waals surface area contributed by atoms with Crippen LogP contribution in [0.1, 0.15) is 0 Å². The molecule has 0 aromatic carbocycles. The zero-order valence-corrected chi connectivity index (χ0v) is 11.2. The fourth-order valence-corrected chi connectivity index (χ4v) is 1.57. The van der Waals surface area contributed by atoms with E-state index >= 15 is 0 Å². The molecule has 0 aromatic rings. The van der Waals surface area contributed by atoms with Gasteiger partial charge in [-0.2, -0.15) is 13.2 Å². The highest BCUT2D eigenvalue weighted by Gasteiger charge is 2.33. The van der Waals surface area contributed by atoms with Crippen molar-refractivity contribution in [2.24, 2.45) is 0 Å². The van der Waals surface area contributed by atoms with Crippen LogP contribution in [0.2, 0.25) is 0 Å². The van der Waals surface area contributed by atoms with Gasteiger partial charge in [-0.05, 0) is 0 Å². The number of urea groups is 1. The SMILES string of the molecule is CS(=O)(=O)NCCNC(=O)N(CC(=O)O)CC(F)(F)F. The first-order chi connectivity index (χ1) is 8.91. The summed E-state index contributed by atoms with van der Waals surface area (Å²) in [7, 11) is -3.48. The Morgan fingerprint density at radius 1 is 1.25 bits per heavy atom. The van der Waals surface area contributed by atoms with Crippen LogP contribution in [0, 0.1) is 0 Å². The summed E-state index contributed by atoms with van der Waals surface area (Å²) < 4.78 is 59.8. The van der Waals surface area contributed by atoms with Crippen molar-refractivity contribution in [3.05, 3.63) is 0 Å². The summed E-state index contributed by atoms with van der Waals surface area (Å²) in [6.45, 7) is -3.34. The van der Waals surface area contributed by atoms with Crippen LogP contribution in [0.3, 0.4) is 0 Å². The van der Waals surface area contributed by atoms with E-state index in [1.165, 1.54) is 0 Å². The molecule has 0 heterocycles. The molecule has 0 rings (SSSR count). The number of alkyl halides is 3. The number of hydrogen-bond acceptors (Lipinski definition) is 4. The number of carbonyl (C=O) groups is 2. The summed E-state index contributed by atoms with van der Waals surface area (Å²) in [5.41, 5.74) is 0. The van der Waals surface area contributed by atoms with Crippen LogP contribution in [0.25, 0.3) is 0 Å². The highest BCUT2D eigenvalue weighted by molar-refractivity contribution is 7.88. The number of carboxylic acid groups (broad SMARTS) is 1. The Labute approximate surface area is 113 Å². The first kappa shape index (κ1) is 18.4. The van der Waals surface area contributed by atoms with Crippen LogP contribution < -0.4 is 10.0 Å². The fraction of sp³-hybridized carbons (Fsp3) is 0.750. The van der Waals surface area contributed by atoms with E-state index in [0.717, 1.165) is 6.26 Å². The van der Waals surface area contributed by atoms with E-state index < -0.39 is 41.3 Å². The van der Waals surface area contributed by atoms with Gasteiger partial charge in [0.25, 0.3) is 0 Å². The second kappa shape index (κ2) is 7.28. The molecule has 0 spiro atoms. The summed E-state index contributed by atoms with van der Waals surface area (Å²) in [6.07, 6.45) is -3.87. The van der Waals surface area contributed by atoms with Crippen LogP contribution in [0.4, 0.5) is 18.0 Å². The zero-order chi connectivity index (χ0) is 16.0. The molecule has 0 saturated carbocycles. The first-order valence-corrected chi connectivity index (χ1v) is 7.06. The number of carbonyl (C=O) groups excluding carboxylic acids is 1. The maximum Gasteiger partial charge on any atom is 0.406 e. The summed E-state index contributed by atoms with van der Waals surface area (Å²) in [5, 5.41) is 10.4. The van der Waals surface area contributed by atoms with E-state index in [-0.39, 0.29) is 18.0 Å². The summed E-state index contributed by atoms with van der Waals surface area (Å²) >= 11 is 0. The Morgan fingerprint density at radius 3 is 2.20 bits per heavy atom. The van der Waals surface area contributed by atoms with E-state index in [2.05, 4.69) is 0 Å². The number of halogens is 3. The van der Waals surface area contributed by atoms with Crippen LogP contribution in [-0.2, 0) is 14.8 Å². The molecule has 0 bridgehead atoms. The van der Waals surface area contributed by atoms with Gasteiger partial charge in [0, 0.05) is 13.1 Å². The highest BCUT2D eigenvalue weighted by Crippen LogP contribution is 2.16. The molecule has 20 heavy (non-hydrogen) atoms. The molecule has 0 aromatic heterocycles. The second-order valence-electron chi connectivity index (χ2n) is 3.76. The van der Waals surface area contributed by atoms with Gasteiger partial charge in [-0.1, -0.05) is 0 Å². The van der Waals surface area contributed by atoms with Crippen molar-refractivity contribution in [1.82, 2.24) is 14.9 Å². The lowest BCUT2D eigenvalue weighted by molar-refractivity contribution is -0.148. The predicted molar refractivity (Wildman–Crippen MR) is 61.5 cm³/mol. The van der Waals surface area contributed by atoms with Crippen LogP contribution in [0.5, 0.6) is 0 Å². The number of nitrogens with zero attached hydrogens (tertiary/aromatic N) is 1. The van der Waals surface area contributed by atoms with Gasteiger partial charge in [-0.25, -0.2) is 17.9 Å². The summed E-state index contributed by atoms with van der Waals surface area (Å²) in [4.78, 5) is 21.8. The van der Waals surface area contributed by atoms with Crippen molar-refractivity contribution in [2.45, 2.75) is 6.18 Å². The summed E-state index contributed by atoms with van der Waals surface area (Å²) in [5.74, 6) is -1.60. The van der Waals surface area contributed by atoms with Crippen molar-refractivity contribution in [1.29, 1.82) is 0 Å². The molecular formula is C8H14F3N3O5S. The molecule has 2 amide bonds. The molecule has 3 N–H and O–H groups in total. The van der Waals surface area contributed by atoms with E-state index in [1.807, 2.05) is 10.0 Å². The van der Waals surface area contributed by atoms with Gasteiger partial charge >= 0.3 is 18.2 Å². The van der Waals surface area contributed by atoms with Crippen molar-refractivity contribution in [3.8, 4) is 0 Å². The normalized spacial score (nSPS) is 12.0. The number of amides is 2. The Bertz CT molecular complexity index is 451. The minimum atomic E-state index is -4.74. The van der Waals surface area contributed by atoms with E-state index in [9.17, 15) is 31.2 Å². The maximum atomic E-state index is 12.2. The zero-order valence-electron chi connectivity index (χ0n) is 10.4. The minimum absolute atomic E-state index is 0.0583. The largest absolute Gasteiger partial charge is 0.480 e. The smallest absolute Gasteiger partial charge is 0.406 e. The van der Waals surface area contributed by atoms with Gasteiger partial charge in [0.05, 0.1) is 6.26 Å². The molecule has 0 aliphatic rings. The van der Waals surface area contributed by atoms with Crippen LogP contribution >= 0.6 is 0 Å². The topological polar surface area (TPSA) is 116 Å². The molecule has 0 saturated heterocycles. The average molecular weight is 321 g/mol. The van der Waals surface area contributed by atoms with Gasteiger partial charge in [-0.15, -0.1) is 0 Å².